The minimum atomic E-state index is -0.500. The van der Waals surface area contributed by atoms with Crippen molar-refractivity contribution < 1.29 is 5.11 Å². The van der Waals surface area contributed by atoms with Gasteiger partial charge >= 0.3 is 0 Å². The number of hydrogen-bond acceptors (Lipinski definition) is 2. The Bertz CT molecular complexity index is 459. The van der Waals surface area contributed by atoms with Gasteiger partial charge in [0.2, 0.25) is 0 Å². The molecule has 0 saturated heterocycles. The molecule has 0 aliphatic heterocycles. The summed E-state index contributed by atoms with van der Waals surface area (Å²) in [5.74, 6) is 0. The summed E-state index contributed by atoms with van der Waals surface area (Å²) in [6.45, 7) is 4.52. The fourth-order valence-corrected chi connectivity index (χ4v) is 1.64. The minimum absolute atomic E-state index is 0.497. The number of aromatic nitrogens is 2. The quantitative estimate of drug-likeness (QED) is 0.854. The van der Waals surface area contributed by atoms with E-state index in [2.05, 4.69) is 5.10 Å². The first-order valence-electron chi connectivity index (χ1n) is 5.39. The summed E-state index contributed by atoms with van der Waals surface area (Å²) in [6.07, 6.45) is 3.22. The molecule has 0 bridgehead atoms. The van der Waals surface area contributed by atoms with Crippen LogP contribution in [0, 0.1) is 13.8 Å². The molecule has 0 spiro atoms. The van der Waals surface area contributed by atoms with Gasteiger partial charge in [0.25, 0.3) is 0 Å². The fraction of sp³-hybridized carbons (Fsp3) is 0.308. The van der Waals surface area contributed by atoms with Crippen LogP contribution in [0.1, 0.15) is 22.8 Å². The lowest BCUT2D eigenvalue weighted by molar-refractivity contribution is 0.151. The van der Waals surface area contributed by atoms with Gasteiger partial charge in [-0.1, -0.05) is 29.8 Å². The van der Waals surface area contributed by atoms with Gasteiger partial charge in [-0.3, -0.25) is 4.68 Å². The van der Waals surface area contributed by atoms with E-state index in [-0.39, 0.29) is 0 Å². The molecule has 0 saturated carbocycles. The van der Waals surface area contributed by atoms with E-state index in [1.54, 1.807) is 10.9 Å². The molecule has 3 nitrogen and oxygen atoms in total. The lowest BCUT2D eigenvalue weighted by atomic mass is 10.1. The Kier molecular flexibility index (Phi) is 3.06. The second-order valence-corrected chi connectivity index (χ2v) is 4.17. The van der Waals surface area contributed by atoms with Crippen LogP contribution in [0.2, 0.25) is 0 Å². The Hall–Kier alpha value is -1.61. The lowest BCUT2D eigenvalue weighted by Crippen LogP contribution is -2.08. The highest BCUT2D eigenvalue weighted by Crippen LogP contribution is 2.15. The predicted molar refractivity (Wildman–Crippen MR) is 63.1 cm³/mol. The van der Waals surface area contributed by atoms with Crippen molar-refractivity contribution in [1.82, 2.24) is 9.78 Å². The molecule has 1 aromatic heterocycles. The number of hydrogen-bond donors (Lipinski definition) is 1. The summed E-state index contributed by atoms with van der Waals surface area (Å²) in [5.41, 5.74) is 3.24. The van der Waals surface area contributed by atoms with Gasteiger partial charge in [0.15, 0.2) is 0 Å². The second-order valence-electron chi connectivity index (χ2n) is 4.17. The smallest absolute Gasteiger partial charge is 0.0985 e. The van der Waals surface area contributed by atoms with Crippen LogP contribution in [0.25, 0.3) is 0 Å². The zero-order valence-corrected chi connectivity index (χ0v) is 9.59. The van der Waals surface area contributed by atoms with Gasteiger partial charge < -0.3 is 5.11 Å². The normalized spacial score (nSPS) is 12.7. The van der Waals surface area contributed by atoms with Crippen molar-refractivity contribution in [3.05, 3.63) is 53.3 Å². The highest BCUT2D eigenvalue weighted by atomic mass is 16.3. The number of aryl methyl sites for hydroxylation is 2. The molecular weight excluding hydrogens is 200 g/mol. The van der Waals surface area contributed by atoms with Crippen molar-refractivity contribution in [3.63, 3.8) is 0 Å². The summed E-state index contributed by atoms with van der Waals surface area (Å²) in [4.78, 5) is 0. The van der Waals surface area contributed by atoms with Crippen molar-refractivity contribution >= 4 is 0 Å². The molecule has 1 unspecified atom stereocenters. The SMILES string of the molecule is Cc1ccc(C(O)Cn2cc(C)cn2)cc1. The molecule has 0 radical (unpaired) electrons. The van der Waals surface area contributed by atoms with E-state index in [0.29, 0.717) is 6.54 Å². The molecule has 0 aliphatic carbocycles. The molecule has 1 N–H and O–H groups in total. The van der Waals surface area contributed by atoms with Crippen molar-refractivity contribution in [2.75, 3.05) is 0 Å². The maximum absolute atomic E-state index is 10.0. The van der Waals surface area contributed by atoms with E-state index in [1.165, 1.54) is 5.56 Å². The summed E-state index contributed by atoms with van der Waals surface area (Å²) in [7, 11) is 0. The van der Waals surface area contributed by atoms with Crippen molar-refractivity contribution in [1.29, 1.82) is 0 Å². The first kappa shape index (κ1) is 10.9. The van der Waals surface area contributed by atoms with E-state index >= 15 is 0 Å². The summed E-state index contributed by atoms with van der Waals surface area (Å²) in [6, 6.07) is 7.92. The molecule has 2 rings (SSSR count). The van der Waals surface area contributed by atoms with E-state index < -0.39 is 6.10 Å². The molecule has 16 heavy (non-hydrogen) atoms. The topological polar surface area (TPSA) is 38.0 Å². The van der Waals surface area contributed by atoms with Gasteiger partial charge in [0, 0.05) is 6.20 Å². The largest absolute Gasteiger partial charge is 0.386 e. The van der Waals surface area contributed by atoms with Crippen LogP contribution in [-0.2, 0) is 6.54 Å². The molecule has 3 heteroatoms. The Labute approximate surface area is 95.3 Å². The standard InChI is InChI=1S/C13H16N2O/c1-10-3-5-12(6-4-10)13(16)9-15-8-11(2)7-14-15/h3-8,13,16H,9H2,1-2H3. The zero-order chi connectivity index (χ0) is 11.5. The van der Waals surface area contributed by atoms with Gasteiger partial charge in [-0.25, -0.2) is 0 Å². The van der Waals surface area contributed by atoms with Gasteiger partial charge in [0.1, 0.15) is 0 Å². The van der Waals surface area contributed by atoms with Crippen molar-refractivity contribution in [3.8, 4) is 0 Å². The Morgan fingerprint density at radius 1 is 1.19 bits per heavy atom. The Morgan fingerprint density at radius 2 is 1.88 bits per heavy atom. The van der Waals surface area contributed by atoms with E-state index in [0.717, 1.165) is 11.1 Å². The molecule has 0 fully saturated rings. The van der Waals surface area contributed by atoms with Crippen LogP contribution in [0.4, 0.5) is 0 Å². The lowest BCUT2D eigenvalue weighted by Gasteiger charge is -2.11. The highest BCUT2D eigenvalue weighted by molar-refractivity contribution is 5.23. The van der Waals surface area contributed by atoms with Crippen LogP contribution in [0.5, 0.6) is 0 Å². The minimum Gasteiger partial charge on any atom is -0.386 e. The molecular formula is C13H16N2O. The monoisotopic (exact) mass is 216 g/mol. The van der Waals surface area contributed by atoms with Crippen LogP contribution in [-0.4, -0.2) is 14.9 Å². The number of aliphatic hydroxyl groups is 1. The van der Waals surface area contributed by atoms with Crippen molar-refractivity contribution in [2.45, 2.75) is 26.5 Å². The number of benzene rings is 1. The van der Waals surface area contributed by atoms with E-state index in [1.807, 2.05) is 44.3 Å². The van der Waals surface area contributed by atoms with Crippen LogP contribution in [0.15, 0.2) is 36.7 Å². The van der Waals surface area contributed by atoms with E-state index in [4.69, 9.17) is 0 Å². The molecule has 0 amide bonds. The predicted octanol–water partition coefficient (Wildman–Crippen LogP) is 2.23. The first-order valence-corrected chi connectivity index (χ1v) is 5.39. The molecule has 1 heterocycles. The number of nitrogens with zero attached hydrogens (tertiary/aromatic N) is 2. The second kappa shape index (κ2) is 4.49. The van der Waals surface area contributed by atoms with Gasteiger partial charge in [-0.15, -0.1) is 0 Å². The van der Waals surface area contributed by atoms with Gasteiger partial charge in [-0.2, -0.15) is 5.10 Å². The fourth-order valence-electron chi connectivity index (χ4n) is 1.64. The van der Waals surface area contributed by atoms with Gasteiger partial charge in [0.05, 0.1) is 18.8 Å². The number of rotatable bonds is 3. The molecule has 1 aromatic carbocycles. The first-order chi connectivity index (χ1) is 7.65. The molecule has 2 aromatic rings. The maximum Gasteiger partial charge on any atom is 0.0985 e. The van der Waals surface area contributed by atoms with Crippen LogP contribution >= 0.6 is 0 Å². The number of aliphatic hydroxyl groups excluding tert-OH is 1. The average Bonchev–Trinajstić information content (AvgIpc) is 2.65. The van der Waals surface area contributed by atoms with E-state index in [9.17, 15) is 5.11 Å². The molecule has 84 valence electrons. The summed E-state index contributed by atoms with van der Waals surface area (Å²) < 4.78 is 1.76. The maximum atomic E-state index is 10.0. The molecule has 0 aliphatic rings. The third-order valence-corrected chi connectivity index (χ3v) is 2.58. The van der Waals surface area contributed by atoms with Crippen LogP contribution < -0.4 is 0 Å². The highest BCUT2D eigenvalue weighted by Gasteiger charge is 2.08. The third kappa shape index (κ3) is 2.49. The average molecular weight is 216 g/mol. The summed E-state index contributed by atoms with van der Waals surface area (Å²) in [5, 5.41) is 14.2. The Morgan fingerprint density at radius 3 is 2.44 bits per heavy atom. The van der Waals surface area contributed by atoms with Crippen LogP contribution in [0.3, 0.4) is 0 Å². The van der Waals surface area contributed by atoms with Gasteiger partial charge in [-0.05, 0) is 25.0 Å². The zero-order valence-electron chi connectivity index (χ0n) is 9.59. The molecule has 1 atom stereocenters. The third-order valence-electron chi connectivity index (χ3n) is 2.58. The Balaban J connectivity index is 2.08. The van der Waals surface area contributed by atoms with Crippen molar-refractivity contribution in [2.24, 2.45) is 0 Å². The summed E-state index contributed by atoms with van der Waals surface area (Å²) >= 11 is 0.